The molecule has 0 bridgehead atoms. The summed E-state index contributed by atoms with van der Waals surface area (Å²) in [5.74, 6) is -1.34. The molecule has 6 nitrogen and oxygen atoms in total. The second kappa shape index (κ2) is 4.66. The monoisotopic (exact) mass is 250 g/mol. The molecule has 1 heterocycles. The van der Waals surface area contributed by atoms with Gasteiger partial charge in [0, 0.05) is 6.04 Å². The summed E-state index contributed by atoms with van der Waals surface area (Å²) >= 11 is 0. The first-order valence-corrected chi connectivity index (χ1v) is 5.54. The van der Waals surface area contributed by atoms with Crippen LogP contribution in [-0.4, -0.2) is 23.6 Å². The smallest absolute Gasteiger partial charge is 0.308 e. The van der Waals surface area contributed by atoms with E-state index in [-0.39, 0.29) is 12.5 Å². The maximum Gasteiger partial charge on any atom is 0.308 e. The zero-order valence-corrected chi connectivity index (χ0v) is 9.84. The Morgan fingerprint density at radius 2 is 2.28 bits per heavy atom. The zero-order valence-electron chi connectivity index (χ0n) is 9.84. The van der Waals surface area contributed by atoms with Crippen LogP contribution in [0.4, 0.5) is 5.69 Å². The molecule has 2 rings (SSSR count). The molecule has 0 aromatic heterocycles. The van der Waals surface area contributed by atoms with Crippen molar-refractivity contribution in [3.63, 3.8) is 0 Å². The number of carbonyl (C=O) groups is 2. The van der Waals surface area contributed by atoms with Crippen molar-refractivity contribution in [1.82, 2.24) is 0 Å². The van der Waals surface area contributed by atoms with E-state index in [0.717, 1.165) is 0 Å². The molecule has 96 valence electrons. The standard InChI is InChI=1S/C12H14N2O4/c1-6(12(16)17)11(13)7-2-3-9-8(4-7)14-10(15)5-18-9/h2-4,6,11H,5,13H2,1H3,(H,14,15)(H,16,17). The molecule has 1 aliphatic heterocycles. The number of aliphatic carboxylic acids is 1. The largest absolute Gasteiger partial charge is 0.482 e. The molecule has 1 aromatic rings. The van der Waals surface area contributed by atoms with E-state index < -0.39 is 17.9 Å². The molecule has 0 aliphatic carbocycles. The molecule has 1 amide bonds. The second-order valence-electron chi connectivity index (χ2n) is 4.25. The highest BCUT2D eigenvalue weighted by atomic mass is 16.5. The highest BCUT2D eigenvalue weighted by Crippen LogP contribution is 2.31. The normalized spacial score (nSPS) is 17.1. The van der Waals surface area contributed by atoms with Crippen molar-refractivity contribution < 1.29 is 19.4 Å². The third-order valence-corrected chi connectivity index (χ3v) is 2.95. The number of nitrogens with one attached hydrogen (secondary N) is 1. The van der Waals surface area contributed by atoms with Gasteiger partial charge in [-0.25, -0.2) is 0 Å². The van der Waals surface area contributed by atoms with E-state index in [1.807, 2.05) is 0 Å². The number of rotatable bonds is 3. The van der Waals surface area contributed by atoms with E-state index in [4.69, 9.17) is 15.6 Å². The fourth-order valence-corrected chi connectivity index (χ4v) is 1.75. The van der Waals surface area contributed by atoms with E-state index in [1.165, 1.54) is 0 Å². The van der Waals surface area contributed by atoms with E-state index in [9.17, 15) is 9.59 Å². The van der Waals surface area contributed by atoms with Gasteiger partial charge in [-0.2, -0.15) is 0 Å². The molecule has 0 saturated heterocycles. The highest BCUT2D eigenvalue weighted by molar-refractivity contribution is 5.95. The molecule has 2 unspecified atom stereocenters. The summed E-state index contributed by atoms with van der Waals surface area (Å²) in [5.41, 5.74) is 7.05. The van der Waals surface area contributed by atoms with Gasteiger partial charge in [0.2, 0.25) is 0 Å². The van der Waals surface area contributed by atoms with Crippen LogP contribution < -0.4 is 15.8 Å². The van der Waals surface area contributed by atoms with Crippen molar-refractivity contribution in [3.8, 4) is 5.75 Å². The van der Waals surface area contributed by atoms with Crippen LogP contribution in [-0.2, 0) is 9.59 Å². The number of nitrogens with two attached hydrogens (primary N) is 1. The van der Waals surface area contributed by atoms with Crippen molar-refractivity contribution in [1.29, 1.82) is 0 Å². The van der Waals surface area contributed by atoms with E-state index in [1.54, 1.807) is 25.1 Å². The molecule has 0 radical (unpaired) electrons. The third kappa shape index (κ3) is 2.28. The number of anilines is 1. The van der Waals surface area contributed by atoms with Crippen LogP contribution in [0.15, 0.2) is 18.2 Å². The first-order chi connectivity index (χ1) is 8.49. The van der Waals surface area contributed by atoms with Gasteiger partial charge in [-0.1, -0.05) is 13.0 Å². The summed E-state index contributed by atoms with van der Waals surface area (Å²) in [5, 5.41) is 11.6. The van der Waals surface area contributed by atoms with Crippen molar-refractivity contribution in [2.75, 3.05) is 11.9 Å². The Kier molecular flexibility index (Phi) is 3.20. The topological polar surface area (TPSA) is 102 Å². The molecule has 1 aromatic carbocycles. The third-order valence-electron chi connectivity index (χ3n) is 2.95. The Morgan fingerprint density at radius 1 is 1.56 bits per heavy atom. The van der Waals surface area contributed by atoms with Gasteiger partial charge in [0.25, 0.3) is 5.91 Å². The van der Waals surface area contributed by atoms with Gasteiger partial charge in [-0.3, -0.25) is 9.59 Å². The van der Waals surface area contributed by atoms with Gasteiger partial charge < -0.3 is 20.9 Å². The number of carboxylic acids is 1. The number of hydrogen-bond donors (Lipinski definition) is 3. The fraction of sp³-hybridized carbons (Fsp3) is 0.333. The lowest BCUT2D eigenvalue weighted by atomic mass is 9.95. The quantitative estimate of drug-likeness (QED) is 0.734. The lowest BCUT2D eigenvalue weighted by Crippen LogP contribution is -2.27. The minimum atomic E-state index is -0.958. The molecule has 6 heteroatoms. The van der Waals surface area contributed by atoms with Crippen LogP contribution in [0.25, 0.3) is 0 Å². The molecule has 0 fully saturated rings. The predicted octanol–water partition coefficient (Wildman–Crippen LogP) is 0.738. The number of ether oxygens (including phenoxy) is 1. The highest BCUT2D eigenvalue weighted by Gasteiger charge is 2.23. The fourth-order valence-electron chi connectivity index (χ4n) is 1.75. The Morgan fingerprint density at radius 3 is 2.94 bits per heavy atom. The first kappa shape index (κ1) is 12.4. The Hall–Kier alpha value is -2.08. The van der Waals surface area contributed by atoms with Gasteiger partial charge in [-0.05, 0) is 17.7 Å². The number of fused-ring (bicyclic) bond motifs is 1. The molecular weight excluding hydrogens is 236 g/mol. The number of carbonyl (C=O) groups excluding carboxylic acids is 1. The van der Waals surface area contributed by atoms with Gasteiger partial charge in [0.15, 0.2) is 6.61 Å². The minimum Gasteiger partial charge on any atom is -0.482 e. The predicted molar refractivity (Wildman–Crippen MR) is 64.3 cm³/mol. The van der Waals surface area contributed by atoms with Crippen LogP contribution in [0.5, 0.6) is 5.75 Å². The molecule has 2 atom stereocenters. The molecule has 4 N–H and O–H groups in total. The van der Waals surface area contributed by atoms with Crippen LogP contribution in [0, 0.1) is 5.92 Å². The Balaban J connectivity index is 2.28. The number of hydrogen-bond acceptors (Lipinski definition) is 4. The van der Waals surface area contributed by atoms with Crippen LogP contribution in [0.3, 0.4) is 0 Å². The van der Waals surface area contributed by atoms with E-state index in [2.05, 4.69) is 5.32 Å². The Bertz CT molecular complexity index is 501. The first-order valence-electron chi connectivity index (χ1n) is 5.54. The van der Waals surface area contributed by atoms with Crippen LogP contribution in [0.2, 0.25) is 0 Å². The van der Waals surface area contributed by atoms with Gasteiger partial charge in [0.1, 0.15) is 5.75 Å². The number of amides is 1. The van der Waals surface area contributed by atoms with E-state index in [0.29, 0.717) is 17.0 Å². The van der Waals surface area contributed by atoms with Crippen molar-refractivity contribution in [3.05, 3.63) is 23.8 Å². The van der Waals surface area contributed by atoms with Gasteiger partial charge in [-0.15, -0.1) is 0 Å². The maximum absolute atomic E-state index is 11.2. The minimum absolute atomic E-state index is 0.00999. The van der Waals surface area contributed by atoms with Crippen molar-refractivity contribution in [2.45, 2.75) is 13.0 Å². The summed E-state index contributed by atoms with van der Waals surface area (Å²) in [4.78, 5) is 22.1. The SMILES string of the molecule is CC(C(=O)O)C(N)c1ccc2c(c1)NC(=O)CO2. The lowest BCUT2D eigenvalue weighted by Gasteiger charge is -2.21. The molecule has 0 spiro atoms. The zero-order chi connectivity index (χ0) is 13.3. The van der Waals surface area contributed by atoms with Crippen molar-refractivity contribution >= 4 is 17.6 Å². The average molecular weight is 250 g/mol. The molecular formula is C12H14N2O4. The summed E-state index contributed by atoms with van der Waals surface area (Å²) < 4.78 is 5.21. The van der Waals surface area contributed by atoms with E-state index >= 15 is 0 Å². The molecule has 0 saturated carbocycles. The second-order valence-corrected chi connectivity index (χ2v) is 4.25. The summed E-state index contributed by atoms with van der Waals surface area (Å²) in [6, 6.07) is 4.40. The van der Waals surface area contributed by atoms with Crippen LogP contribution >= 0.6 is 0 Å². The average Bonchev–Trinajstić information content (AvgIpc) is 2.35. The van der Waals surface area contributed by atoms with Gasteiger partial charge >= 0.3 is 5.97 Å². The van der Waals surface area contributed by atoms with Gasteiger partial charge in [0.05, 0.1) is 11.6 Å². The summed E-state index contributed by atoms with van der Waals surface area (Å²) in [7, 11) is 0. The number of carboxylic acid groups (broad SMARTS) is 1. The molecule has 18 heavy (non-hydrogen) atoms. The summed E-state index contributed by atoms with van der Waals surface area (Å²) in [6.07, 6.45) is 0. The summed E-state index contributed by atoms with van der Waals surface area (Å²) in [6.45, 7) is 1.53. The van der Waals surface area contributed by atoms with Crippen molar-refractivity contribution in [2.24, 2.45) is 11.7 Å². The van der Waals surface area contributed by atoms with Crippen LogP contribution in [0.1, 0.15) is 18.5 Å². The Labute approximate surface area is 104 Å². The molecule has 1 aliphatic rings. The number of benzene rings is 1. The lowest BCUT2D eigenvalue weighted by molar-refractivity contribution is -0.141. The maximum atomic E-state index is 11.2.